The molecule has 4 aromatic rings. The van der Waals surface area contributed by atoms with E-state index in [0.29, 0.717) is 29.1 Å². The molecular weight excluding hydrogens is 540 g/mol. The summed E-state index contributed by atoms with van der Waals surface area (Å²) in [5.74, 6) is 0.613. The van der Waals surface area contributed by atoms with E-state index >= 15 is 0 Å². The molecule has 0 aliphatic carbocycles. The summed E-state index contributed by atoms with van der Waals surface area (Å²) in [4.78, 5) is 6.87. The number of ether oxygens (including phenoxy) is 2. The molecule has 1 aliphatic rings. The second kappa shape index (κ2) is 11.6. The van der Waals surface area contributed by atoms with Gasteiger partial charge in [-0.2, -0.15) is 0 Å². The highest BCUT2D eigenvalue weighted by atomic mass is 35.5. The summed E-state index contributed by atoms with van der Waals surface area (Å²) in [5.41, 5.74) is 10.3. The molecule has 3 heterocycles. The molecule has 1 aliphatic heterocycles. The van der Waals surface area contributed by atoms with Crippen molar-refractivity contribution < 1.29 is 9.47 Å². The van der Waals surface area contributed by atoms with Gasteiger partial charge in [0.25, 0.3) is 0 Å². The number of halogens is 1. The molecule has 8 heteroatoms. The number of methoxy groups -OCH3 is 1. The van der Waals surface area contributed by atoms with Gasteiger partial charge >= 0.3 is 0 Å². The largest absolute Gasteiger partial charge is 0.490 e. The summed E-state index contributed by atoms with van der Waals surface area (Å²) >= 11 is 12.7. The minimum absolute atomic E-state index is 0.148. The van der Waals surface area contributed by atoms with Gasteiger partial charge in [0.1, 0.15) is 12.4 Å². The first-order valence-electron chi connectivity index (χ1n) is 13.4. The first kappa shape index (κ1) is 28.1. The molecular formula is C32H35ClN4O2S. The van der Waals surface area contributed by atoms with Gasteiger partial charge in [-0.05, 0) is 99.9 Å². The van der Waals surface area contributed by atoms with E-state index in [-0.39, 0.29) is 12.1 Å². The standard InChI is InChI=1S/C32H35ClN4O2S/c1-19-15-20(2)30(21(3)16-19)36-22(4)17-25(23(36)5)31-29(27-9-7-8-12-34-27)35-32(40)37(31)24-10-11-28(26(33)18-24)39-14-13-38-6/h7-12,15-18,29,31H,13-14H2,1-6H3,(H,35,40)/t29-,31-/m0/s1. The fraction of sp³-hybridized carbons (Fsp3) is 0.312. The highest BCUT2D eigenvalue weighted by molar-refractivity contribution is 7.80. The Morgan fingerprint density at radius 1 is 0.975 bits per heavy atom. The molecule has 1 N–H and O–H groups in total. The third-order valence-electron chi connectivity index (χ3n) is 7.48. The van der Waals surface area contributed by atoms with Gasteiger partial charge in [-0.1, -0.05) is 35.4 Å². The van der Waals surface area contributed by atoms with Crippen molar-refractivity contribution in [1.82, 2.24) is 14.9 Å². The molecule has 0 radical (unpaired) electrons. The Kier molecular flexibility index (Phi) is 8.17. The molecule has 208 valence electrons. The Labute approximate surface area is 246 Å². The average molecular weight is 575 g/mol. The van der Waals surface area contributed by atoms with Gasteiger partial charge in [-0.3, -0.25) is 4.98 Å². The van der Waals surface area contributed by atoms with Crippen molar-refractivity contribution in [2.24, 2.45) is 0 Å². The van der Waals surface area contributed by atoms with E-state index in [0.717, 1.165) is 11.4 Å². The zero-order valence-electron chi connectivity index (χ0n) is 23.8. The van der Waals surface area contributed by atoms with Crippen LogP contribution in [0.2, 0.25) is 5.02 Å². The van der Waals surface area contributed by atoms with Gasteiger partial charge < -0.3 is 24.3 Å². The number of pyridine rings is 1. The van der Waals surface area contributed by atoms with Crippen molar-refractivity contribution in [3.05, 3.63) is 105 Å². The number of hydrogen-bond donors (Lipinski definition) is 1. The van der Waals surface area contributed by atoms with Crippen LogP contribution in [0.4, 0.5) is 5.69 Å². The minimum atomic E-state index is -0.153. The molecule has 0 saturated carbocycles. The van der Waals surface area contributed by atoms with E-state index in [2.05, 4.69) is 67.6 Å². The number of nitrogens with one attached hydrogen (secondary N) is 1. The second-order valence-corrected chi connectivity index (χ2v) is 11.2. The number of nitrogens with zero attached hydrogens (tertiary/aromatic N) is 3. The fourth-order valence-corrected chi connectivity index (χ4v) is 6.47. The van der Waals surface area contributed by atoms with Crippen LogP contribution in [0.15, 0.2) is 60.8 Å². The number of aromatic nitrogens is 2. The van der Waals surface area contributed by atoms with Crippen LogP contribution in [0.1, 0.15) is 51.4 Å². The lowest BCUT2D eigenvalue weighted by atomic mass is 9.96. The number of thiocarbonyl (C=S) groups is 1. The lowest BCUT2D eigenvalue weighted by Gasteiger charge is -2.28. The zero-order chi connectivity index (χ0) is 28.6. The highest BCUT2D eigenvalue weighted by Gasteiger charge is 2.42. The molecule has 5 rings (SSSR count). The fourth-order valence-electron chi connectivity index (χ4n) is 5.90. The van der Waals surface area contributed by atoms with Gasteiger partial charge in [-0.25, -0.2) is 0 Å². The number of aryl methyl sites for hydroxylation is 4. The maximum absolute atomic E-state index is 6.70. The number of anilines is 1. The molecule has 1 fully saturated rings. The summed E-state index contributed by atoms with van der Waals surface area (Å²) in [6, 6.07) is 18.3. The Morgan fingerprint density at radius 2 is 1.73 bits per heavy atom. The number of rotatable bonds is 8. The Morgan fingerprint density at radius 3 is 2.38 bits per heavy atom. The van der Waals surface area contributed by atoms with Gasteiger partial charge in [0, 0.05) is 30.4 Å². The van der Waals surface area contributed by atoms with E-state index in [1.165, 1.54) is 39.3 Å². The van der Waals surface area contributed by atoms with Gasteiger partial charge in [0.2, 0.25) is 0 Å². The Bertz CT molecular complexity index is 1530. The van der Waals surface area contributed by atoms with Crippen LogP contribution in [0, 0.1) is 34.6 Å². The topological polar surface area (TPSA) is 51.6 Å². The van der Waals surface area contributed by atoms with Crippen molar-refractivity contribution >= 4 is 34.6 Å². The van der Waals surface area contributed by atoms with Crippen molar-refractivity contribution in [3.8, 4) is 11.4 Å². The predicted octanol–water partition coefficient (Wildman–Crippen LogP) is 7.27. The van der Waals surface area contributed by atoms with Gasteiger partial charge in [0.15, 0.2) is 5.11 Å². The van der Waals surface area contributed by atoms with Crippen LogP contribution in [-0.4, -0.2) is 35.0 Å². The van der Waals surface area contributed by atoms with Crippen LogP contribution < -0.4 is 15.0 Å². The molecule has 0 spiro atoms. The monoisotopic (exact) mass is 574 g/mol. The maximum atomic E-state index is 6.70. The summed E-state index contributed by atoms with van der Waals surface area (Å²) in [5, 5.41) is 4.71. The third-order valence-corrected chi connectivity index (χ3v) is 8.09. The molecule has 0 amide bonds. The zero-order valence-corrected chi connectivity index (χ0v) is 25.4. The van der Waals surface area contributed by atoms with Gasteiger partial charge in [0.05, 0.1) is 35.1 Å². The first-order chi connectivity index (χ1) is 19.2. The number of benzene rings is 2. The number of hydrogen-bond acceptors (Lipinski definition) is 4. The molecule has 2 atom stereocenters. The first-order valence-corrected chi connectivity index (χ1v) is 14.2. The van der Waals surface area contributed by atoms with Crippen molar-refractivity contribution in [2.75, 3.05) is 25.2 Å². The van der Waals surface area contributed by atoms with Crippen LogP contribution in [-0.2, 0) is 4.74 Å². The molecule has 1 saturated heterocycles. The minimum Gasteiger partial charge on any atom is -0.490 e. The molecule has 2 aromatic heterocycles. The van der Waals surface area contributed by atoms with Gasteiger partial charge in [-0.15, -0.1) is 0 Å². The lowest BCUT2D eigenvalue weighted by Crippen LogP contribution is -2.29. The van der Waals surface area contributed by atoms with Crippen molar-refractivity contribution in [1.29, 1.82) is 0 Å². The van der Waals surface area contributed by atoms with E-state index < -0.39 is 0 Å². The molecule has 0 bridgehead atoms. The summed E-state index contributed by atoms with van der Waals surface area (Å²) in [6.07, 6.45) is 1.82. The van der Waals surface area contributed by atoms with Crippen LogP contribution in [0.3, 0.4) is 0 Å². The quantitative estimate of drug-likeness (QED) is 0.176. The molecule has 2 aromatic carbocycles. The van der Waals surface area contributed by atoms with Crippen molar-refractivity contribution in [3.63, 3.8) is 0 Å². The maximum Gasteiger partial charge on any atom is 0.174 e. The molecule has 6 nitrogen and oxygen atoms in total. The highest BCUT2D eigenvalue weighted by Crippen LogP contribution is 2.45. The SMILES string of the molecule is COCCOc1ccc(N2C(=S)N[C@@H](c3ccccn3)[C@@H]2c2cc(C)n(-c3c(C)cc(C)cc3C)c2C)cc1Cl. The summed E-state index contributed by atoms with van der Waals surface area (Å²) in [6.45, 7) is 11.8. The summed E-state index contributed by atoms with van der Waals surface area (Å²) in [7, 11) is 1.64. The van der Waals surface area contributed by atoms with Crippen LogP contribution in [0.25, 0.3) is 5.69 Å². The smallest absolute Gasteiger partial charge is 0.174 e. The molecule has 40 heavy (non-hydrogen) atoms. The Hall–Kier alpha value is -3.39. The second-order valence-electron chi connectivity index (χ2n) is 10.4. The lowest BCUT2D eigenvalue weighted by molar-refractivity contribution is 0.146. The van der Waals surface area contributed by atoms with E-state index in [4.69, 9.17) is 38.3 Å². The van der Waals surface area contributed by atoms with Crippen LogP contribution >= 0.6 is 23.8 Å². The third kappa shape index (κ3) is 5.21. The summed E-state index contributed by atoms with van der Waals surface area (Å²) < 4.78 is 13.3. The normalized spacial score (nSPS) is 16.9. The Balaban J connectivity index is 1.64. The average Bonchev–Trinajstić information content (AvgIpc) is 3.40. The molecule has 0 unspecified atom stereocenters. The van der Waals surface area contributed by atoms with E-state index in [1.54, 1.807) is 7.11 Å². The van der Waals surface area contributed by atoms with E-state index in [1.807, 2.05) is 42.6 Å². The van der Waals surface area contributed by atoms with E-state index in [9.17, 15) is 0 Å². The predicted molar refractivity (Wildman–Crippen MR) is 166 cm³/mol. The van der Waals surface area contributed by atoms with Crippen LogP contribution in [0.5, 0.6) is 5.75 Å². The van der Waals surface area contributed by atoms with Crippen molar-refractivity contribution in [2.45, 2.75) is 46.7 Å².